The fraction of sp³-hybridized carbons (Fsp3) is 0.200. The molecule has 0 spiro atoms. The number of ether oxygens (including phenoxy) is 2. The van der Waals surface area contributed by atoms with Crippen LogP contribution in [-0.2, 0) is 10.0 Å². The molecule has 128 valence electrons. The van der Waals surface area contributed by atoms with Crippen molar-refractivity contribution >= 4 is 21.4 Å². The van der Waals surface area contributed by atoms with Crippen LogP contribution in [0.1, 0.15) is 6.92 Å². The van der Waals surface area contributed by atoms with E-state index in [0.29, 0.717) is 18.0 Å². The number of nitro groups is 1. The first-order chi connectivity index (χ1) is 11.4. The number of hydrogen-bond donors (Lipinski definition) is 1. The molecule has 2 aromatic rings. The van der Waals surface area contributed by atoms with Crippen LogP contribution in [-0.4, -0.2) is 27.1 Å². The SMILES string of the molecule is CCOc1ccc(NS(=O)(=O)c2cc([N+](=O)[O-])ccc2OC)cc1. The Kier molecular flexibility index (Phi) is 5.24. The standard InChI is InChI=1S/C15H16N2O6S/c1-3-23-13-7-4-11(5-8-13)16-24(20,21)15-10-12(17(18)19)6-9-14(15)22-2/h4-10,16H,3H2,1-2H3. The summed E-state index contributed by atoms with van der Waals surface area (Å²) in [7, 11) is -2.77. The van der Waals surface area contributed by atoms with Gasteiger partial charge in [-0.1, -0.05) is 0 Å². The molecule has 0 fully saturated rings. The van der Waals surface area contributed by atoms with Gasteiger partial charge in [-0.05, 0) is 37.3 Å². The van der Waals surface area contributed by atoms with E-state index < -0.39 is 14.9 Å². The summed E-state index contributed by atoms with van der Waals surface area (Å²) in [4.78, 5) is 9.89. The molecule has 0 radical (unpaired) electrons. The van der Waals surface area contributed by atoms with Crippen LogP contribution >= 0.6 is 0 Å². The van der Waals surface area contributed by atoms with Gasteiger partial charge >= 0.3 is 0 Å². The summed E-state index contributed by atoms with van der Waals surface area (Å²) in [5.74, 6) is 0.618. The van der Waals surface area contributed by atoms with E-state index in [1.165, 1.54) is 31.4 Å². The first-order valence-corrected chi connectivity index (χ1v) is 8.44. The van der Waals surface area contributed by atoms with E-state index in [0.717, 1.165) is 6.07 Å². The first kappa shape index (κ1) is 17.5. The Balaban J connectivity index is 2.35. The van der Waals surface area contributed by atoms with Gasteiger partial charge in [-0.25, -0.2) is 8.42 Å². The highest BCUT2D eigenvalue weighted by Crippen LogP contribution is 2.30. The minimum Gasteiger partial charge on any atom is -0.495 e. The van der Waals surface area contributed by atoms with Crippen molar-refractivity contribution in [3.63, 3.8) is 0 Å². The molecule has 0 amide bonds. The maximum absolute atomic E-state index is 12.5. The molecule has 0 bridgehead atoms. The molecule has 24 heavy (non-hydrogen) atoms. The summed E-state index contributed by atoms with van der Waals surface area (Å²) in [6, 6.07) is 9.67. The van der Waals surface area contributed by atoms with Gasteiger partial charge in [0.1, 0.15) is 16.4 Å². The van der Waals surface area contributed by atoms with Crippen molar-refractivity contribution in [3.8, 4) is 11.5 Å². The summed E-state index contributed by atoms with van der Waals surface area (Å²) < 4.78 is 37.7. The minimum absolute atomic E-state index is 0.0130. The number of nitrogens with one attached hydrogen (secondary N) is 1. The molecule has 1 N–H and O–H groups in total. The number of non-ortho nitro benzene ring substituents is 1. The Hall–Kier alpha value is -2.81. The summed E-state index contributed by atoms with van der Waals surface area (Å²) in [6.07, 6.45) is 0. The molecule has 0 aromatic heterocycles. The van der Waals surface area contributed by atoms with Crippen molar-refractivity contribution in [1.82, 2.24) is 0 Å². The van der Waals surface area contributed by atoms with E-state index in [4.69, 9.17) is 9.47 Å². The lowest BCUT2D eigenvalue weighted by molar-refractivity contribution is -0.385. The van der Waals surface area contributed by atoms with Crippen molar-refractivity contribution in [1.29, 1.82) is 0 Å². The second-order valence-corrected chi connectivity index (χ2v) is 6.31. The molecule has 0 saturated heterocycles. The smallest absolute Gasteiger partial charge is 0.271 e. The summed E-state index contributed by atoms with van der Waals surface area (Å²) in [5, 5.41) is 10.9. The Labute approximate surface area is 139 Å². The highest BCUT2D eigenvalue weighted by molar-refractivity contribution is 7.92. The number of nitro benzene ring substituents is 1. The van der Waals surface area contributed by atoms with Crippen LogP contribution in [0.2, 0.25) is 0 Å². The minimum atomic E-state index is -4.06. The van der Waals surface area contributed by atoms with Crippen LogP contribution in [0.5, 0.6) is 11.5 Å². The zero-order chi connectivity index (χ0) is 17.7. The zero-order valence-electron chi connectivity index (χ0n) is 13.1. The topological polar surface area (TPSA) is 108 Å². The maximum Gasteiger partial charge on any atom is 0.271 e. The van der Waals surface area contributed by atoms with Gasteiger partial charge in [-0.15, -0.1) is 0 Å². The number of benzene rings is 2. The van der Waals surface area contributed by atoms with Crippen LogP contribution in [0.4, 0.5) is 11.4 Å². The van der Waals surface area contributed by atoms with Gasteiger partial charge in [-0.2, -0.15) is 0 Å². The highest BCUT2D eigenvalue weighted by atomic mass is 32.2. The molecule has 0 atom stereocenters. The fourth-order valence-electron chi connectivity index (χ4n) is 1.98. The summed E-state index contributed by atoms with van der Waals surface area (Å²) >= 11 is 0. The average Bonchev–Trinajstić information content (AvgIpc) is 2.56. The lowest BCUT2D eigenvalue weighted by atomic mass is 10.3. The Bertz CT molecular complexity index is 834. The summed E-state index contributed by atoms with van der Waals surface area (Å²) in [5.41, 5.74) is -0.0464. The third-order valence-corrected chi connectivity index (χ3v) is 4.47. The molecule has 8 nitrogen and oxygen atoms in total. The Morgan fingerprint density at radius 1 is 1.17 bits per heavy atom. The van der Waals surface area contributed by atoms with Crippen molar-refractivity contribution in [2.45, 2.75) is 11.8 Å². The second-order valence-electron chi connectivity index (χ2n) is 4.66. The quantitative estimate of drug-likeness (QED) is 0.606. The predicted octanol–water partition coefficient (Wildman–Crippen LogP) is 2.80. The van der Waals surface area contributed by atoms with Gasteiger partial charge in [0, 0.05) is 17.8 Å². The molecular formula is C15H16N2O6S. The number of methoxy groups -OCH3 is 1. The normalized spacial score (nSPS) is 10.9. The van der Waals surface area contributed by atoms with Crippen LogP contribution in [0.15, 0.2) is 47.4 Å². The molecule has 0 aliphatic carbocycles. The molecule has 9 heteroatoms. The largest absolute Gasteiger partial charge is 0.495 e. The molecule has 0 aliphatic rings. The van der Waals surface area contributed by atoms with Crippen LogP contribution < -0.4 is 14.2 Å². The first-order valence-electron chi connectivity index (χ1n) is 6.95. The van der Waals surface area contributed by atoms with E-state index in [9.17, 15) is 18.5 Å². The Morgan fingerprint density at radius 3 is 2.38 bits per heavy atom. The van der Waals surface area contributed by atoms with Gasteiger partial charge in [0.05, 0.1) is 18.6 Å². The van der Waals surface area contributed by atoms with Gasteiger partial charge in [0.25, 0.3) is 15.7 Å². The molecule has 0 heterocycles. The molecule has 0 unspecified atom stereocenters. The molecular weight excluding hydrogens is 336 g/mol. The van der Waals surface area contributed by atoms with Gasteiger partial charge in [-0.3, -0.25) is 14.8 Å². The molecule has 2 aromatic carbocycles. The van der Waals surface area contributed by atoms with Crippen LogP contribution in [0.25, 0.3) is 0 Å². The van der Waals surface area contributed by atoms with Crippen molar-refractivity contribution in [2.75, 3.05) is 18.4 Å². The Morgan fingerprint density at radius 2 is 1.83 bits per heavy atom. The van der Waals surface area contributed by atoms with Gasteiger partial charge in [0.15, 0.2) is 0 Å². The second kappa shape index (κ2) is 7.18. The predicted molar refractivity (Wildman–Crippen MR) is 88.1 cm³/mol. The van der Waals surface area contributed by atoms with Gasteiger partial charge < -0.3 is 9.47 Å². The average molecular weight is 352 g/mol. The van der Waals surface area contributed by atoms with E-state index in [1.54, 1.807) is 12.1 Å². The van der Waals surface area contributed by atoms with E-state index in [2.05, 4.69) is 4.72 Å². The van der Waals surface area contributed by atoms with E-state index in [1.807, 2.05) is 6.92 Å². The number of hydrogen-bond acceptors (Lipinski definition) is 6. The van der Waals surface area contributed by atoms with Crippen LogP contribution in [0, 0.1) is 10.1 Å². The number of anilines is 1. The number of rotatable bonds is 7. The number of sulfonamides is 1. The zero-order valence-corrected chi connectivity index (χ0v) is 13.9. The van der Waals surface area contributed by atoms with Gasteiger partial charge in [0.2, 0.25) is 0 Å². The summed E-state index contributed by atoms with van der Waals surface area (Å²) in [6.45, 7) is 2.33. The third-order valence-electron chi connectivity index (χ3n) is 3.07. The number of nitrogens with zero attached hydrogens (tertiary/aromatic N) is 1. The molecule has 0 saturated carbocycles. The lowest BCUT2D eigenvalue weighted by Crippen LogP contribution is -2.14. The van der Waals surface area contributed by atoms with Crippen molar-refractivity contribution in [3.05, 3.63) is 52.6 Å². The molecule has 2 rings (SSSR count). The monoisotopic (exact) mass is 352 g/mol. The van der Waals surface area contributed by atoms with Crippen LogP contribution in [0.3, 0.4) is 0 Å². The molecule has 0 aliphatic heterocycles. The van der Waals surface area contributed by atoms with Crippen molar-refractivity contribution < 1.29 is 22.8 Å². The van der Waals surface area contributed by atoms with Crippen molar-refractivity contribution in [2.24, 2.45) is 0 Å². The maximum atomic E-state index is 12.5. The highest BCUT2D eigenvalue weighted by Gasteiger charge is 2.23. The van der Waals surface area contributed by atoms with E-state index >= 15 is 0 Å². The fourth-order valence-corrected chi connectivity index (χ4v) is 3.23. The van der Waals surface area contributed by atoms with E-state index in [-0.39, 0.29) is 16.3 Å². The third kappa shape index (κ3) is 3.93. The lowest BCUT2D eigenvalue weighted by Gasteiger charge is -2.12.